The summed E-state index contributed by atoms with van der Waals surface area (Å²) >= 11 is 0. The molecule has 0 aliphatic heterocycles. The molecule has 3 heteroatoms. The first kappa shape index (κ1) is 27.5. The molecular weight excluding hydrogens is 348 g/mol. The number of hydrogen-bond donors (Lipinski definition) is 0. The van der Waals surface area contributed by atoms with Crippen molar-refractivity contribution < 1.29 is 14.2 Å². The number of hydrogen-bond acceptors (Lipinski definition) is 3. The molecule has 0 aromatic rings. The second-order valence-electron chi connectivity index (χ2n) is 8.66. The van der Waals surface area contributed by atoms with E-state index in [1.165, 1.54) is 89.9 Å². The molecule has 0 N–H and O–H groups in total. The van der Waals surface area contributed by atoms with Crippen LogP contribution in [0.2, 0.25) is 0 Å². The Bertz CT molecular complexity index is 339. The lowest BCUT2D eigenvalue weighted by molar-refractivity contribution is -0.141. The van der Waals surface area contributed by atoms with Crippen LogP contribution in [0.3, 0.4) is 0 Å². The van der Waals surface area contributed by atoms with Crippen LogP contribution in [0.5, 0.6) is 0 Å². The fourth-order valence-corrected chi connectivity index (χ4v) is 3.79. The van der Waals surface area contributed by atoms with Gasteiger partial charge in [-0.1, -0.05) is 83.6 Å². The third kappa shape index (κ3) is 16.4. The molecule has 0 saturated heterocycles. The van der Waals surface area contributed by atoms with Crippen molar-refractivity contribution in [3.05, 3.63) is 12.3 Å². The van der Waals surface area contributed by atoms with Gasteiger partial charge in [-0.2, -0.15) is 0 Å². The monoisotopic (exact) mass is 398 g/mol. The summed E-state index contributed by atoms with van der Waals surface area (Å²) in [6.07, 6.45) is 22.2. The molecule has 0 radical (unpaired) electrons. The number of rotatable bonds is 21. The van der Waals surface area contributed by atoms with Crippen LogP contribution in [0.1, 0.15) is 118 Å². The standard InChI is InChI=1S/C25H50O3/c1-6-8-9-10-13-16-19-24(25(3,4)28-23-26-5)20-17-14-11-12-15-18-22-27-21-7-2/h7,21,24H,6,8-20,22-23H2,1-5H3. The van der Waals surface area contributed by atoms with Crippen LogP contribution in [0.15, 0.2) is 12.3 Å². The average Bonchev–Trinajstić information content (AvgIpc) is 2.68. The van der Waals surface area contributed by atoms with Crippen LogP contribution in [0.25, 0.3) is 0 Å². The number of unbranched alkanes of at least 4 members (excludes halogenated alkanes) is 10. The van der Waals surface area contributed by atoms with Gasteiger partial charge in [0.2, 0.25) is 0 Å². The zero-order chi connectivity index (χ0) is 20.9. The van der Waals surface area contributed by atoms with Crippen LogP contribution in [0.4, 0.5) is 0 Å². The molecule has 0 heterocycles. The van der Waals surface area contributed by atoms with Gasteiger partial charge in [-0.15, -0.1) is 0 Å². The van der Waals surface area contributed by atoms with E-state index in [0.29, 0.717) is 12.7 Å². The Balaban J connectivity index is 4.02. The molecular formula is C25H50O3. The van der Waals surface area contributed by atoms with Crippen molar-refractivity contribution in [2.75, 3.05) is 20.5 Å². The molecule has 0 aliphatic rings. The lowest BCUT2D eigenvalue weighted by Crippen LogP contribution is -2.35. The SMILES string of the molecule is CC=COCCCCCCCCC(CCCCCCCC)C(C)(C)OCOC. The van der Waals surface area contributed by atoms with Gasteiger partial charge < -0.3 is 14.2 Å². The molecule has 0 aliphatic carbocycles. The zero-order valence-corrected chi connectivity index (χ0v) is 19.8. The smallest absolute Gasteiger partial charge is 0.147 e. The maximum atomic E-state index is 6.04. The van der Waals surface area contributed by atoms with E-state index in [1.807, 2.05) is 13.0 Å². The lowest BCUT2D eigenvalue weighted by atomic mass is 9.82. The summed E-state index contributed by atoms with van der Waals surface area (Å²) in [7, 11) is 1.71. The number of allylic oxidation sites excluding steroid dienone is 1. The summed E-state index contributed by atoms with van der Waals surface area (Å²) in [5, 5.41) is 0. The predicted molar refractivity (Wildman–Crippen MR) is 122 cm³/mol. The van der Waals surface area contributed by atoms with Gasteiger partial charge >= 0.3 is 0 Å². The summed E-state index contributed by atoms with van der Waals surface area (Å²) in [6, 6.07) is 0. The van der Waals surface area contributed by atoms with Gasteiger partial charge in [0, 0.05) is 7.11 Å². The van der Waals surface area contributed by atoms with Crippen molar-refractivity contribution in [3.63, 3.8) is 0 Å². The van der Waals surface area contributed by atoms with Gasteiger partial charge in [0.25, 0.3) is 0 Å². The average molecular weight is 399 g/mol. The Hall–Kier alpha value is -0.540. The topological polar surface area (TPSA) is 27.7 Å². The summed E-state index contributed by atoms with van der Waals surface area (Å²) in [4.78, 5) is 0. The molecule has 1 atom stereocenters. The molecule has 0 saturated carbocycles. The van der Waals surface area contributed by atoms with Crippen molar-refractivity contribution in [1.82, 2.24) is 0 Å². The summed E-state index contributed by atoms with van der Waals surface area (Å²) in [5.74, 6) is 0.628. The highest BCUT2D eigenvalue weighted by Crippen LogP contribution is 2.31. The van der Waals surface area contributed by atoms with Gasteiger partial charge in [0.1, 0.15) is 6.79 Å². The quantitative estimate of drug-likeness (QED) is 0.111. The Labute approximate surface area is 176 Å². The molecule has 0 fully saturated rings. The molecule has 1 unspecified atom stereocenters. The van der Waals surface area contributed by atoms with E-state index in [9.17, 15) is 0 Å². The Morgan fingerprint density at radius 2 is 1.32 bits per heavy atom. The Morgan fingerprint density at radius 1 is 0.786 bits per heavy atom. The van der Waals surface area contributed by atoms with Crippen molar-refractivity contribution in [1.29, 1.82) is 0 Å². The third-order valence-electron chi connectivity index (χ3n) is 5.74. The zero-order valence-electron chi connectivity index (χ0n) is 19.8. The minimum atomic E-state index is -0.0937. The van der Waals surface area contributed by atoms with Crippen LogP contribution in [-0.4, -0.2) is 26.1 Å². The molecule has 0 aromatic heterocycles. The highest BCUT2D eigenvalue weighted by molar-refractivity contribution is 4.79. The minimum Gasteiger partial charge on any atom is -0.502 e. The second-order valence-corrected chi connectivity index (χ2v) is 8.66. The van der Waals surface area contributed by atoms with E-state index >= 15 is 0 Å². The van der Waals surface area contributed by atoms with Gasteiger partial charge in [0.15, 0.2) is 0 Å². The molecule has 0 spiro atoms. The largest absolute Gasteiger partial charge is 0.502 e. The third-order valence-corrected chi connectivity index (χ3v) is 5.74. The van der Waals surface area contributed by atoms with E-state index in [-0.39, 0.29) is 5.60 Å². The molecule has 0 rings (SSSR count). The molecule has 3 nitrogen and oxygen atoms in total. The molecule has 0 aromatic carbocycles. The summed E-state index contributed by atoms with van der Waals surface area (Å²) in [6.45, 7) is 10.0. The Kier molecular flexibility index (Phi) is 19.4. The fraction of sp³-hybridized carbons (Fsp3) is 0.920. The van der Waals surface area contributed by atoms with Crippen molar-refractivity contribution >= 4 is 0 Å². The van der Waals surface area contributed by atoms with Crippen molar-refractivity contribution in [2.24, 2.45) is 5.92 Å². The molecule has 0 bridgehead atoms. The van der Waals surface area contributed by atoms with Crippen LogP contribution >= 0.6 is 0 Å². The first-order valence-corrected chi connectivity index (χ1v) is 11.9. The highest BCUT2D eigenvalue weighted by Gasteiger charge is 2.29. The van der Waals surface area contributed by atoms with Crippen LogP contribution < -0.4 is 0 Å². The van der Waals surface area contributed by atoms with Gasteiger partial charge in [0.05, 0.1) is 18.5 Å². The maximum absolute atomic E-state index is 6.04. The first-order valence-electron chi connectivity index (χ1n) is 11.9. The van der Waals surface area contributed by atoms with Crippen LogP contribution in [0, 0.1) is 5.92 Å². The Morgan fingerprint density at radius 3 is 1.86 bits per heavy atom. The lowest BCUT2D eigenvalue weighted by Gasteiger charge is -2.34. The van der Waals surface area contributed by atoms with Crippen LogP contribution in [-0.2, 0) is 14.2 Å². The summed E-state index contributed by atoms with van der Waals surface area (Å²) < 4.78 is 16.6. The van der Waals surface area contributed by atoms with Crippen molar-refractivity contribution in [3.8, 4) is 0 Å². The summed E-state index contributed by atoms with van der Waals surface area (Å²) in [5.41, 5.74) is -0.0937. The van der Waals surface area contributed by atoms with Gasteiger partial charge in [-0.25, -0.2) is 0 Å². The number of ether oxygens (including phenoxy) is 3. The highest BCUT2D eigenvalue weighted by atomic mass is 16.7. The predicted octanol–water partition coefficient (Wildman–Crippen LogP) is 8.03. The minimum absolute atomic E-state index is 0.0937. The second kappa shape index (κ2) is 19.8. The van der Waals surface area contributed by atoms with E-state index in [0.717, 1.165) is 6.61 Å². The molecule has 0 amide bonds. The molecule has 168 valence electrons. The van der Waals surface area contributed by atoms with E-state index in [2.05, 4.69) is 20.8 Å². The first-order chi connectivity index (χ1) is 13.6. The van der Waals surface area contributed by atoms with Crippen molar-refractivity contribution in [2.45, 2.75) is 123 Å². The molecule has 28 heavy (non-hydrogen) atoms. The number of methoxy groups -OCH3 is 1. The van der Waals surface area contributed by atoms with E-state index in [1.54, 1.807) is 13.4 Å². The fourth-order valence-electron chi connectivity index (χ4n) is 3.79. The van der Waals surface area contributed by atoms with E-state index < -0.39 is 0 Å². The van der Waals surface area contributed by atoms with E-state index in [4.69, 9.17) is 14.2 Å². The van der Waals surface area contributed by atoms with Gasteiger partial charge in [-0.3, -0.25) is 0 Å². The normalized spacial score (nSPS) is 13.3. The van der Waals surface area contributed by atoms with Gasteiger partial charge in [-0.05, 0) is 46.0 Å². The maximum Gasteiger partial charge on any atom is 0.147 e.